The van der Waals surface area contributed by atoms with Gasteiger partial charge in [-0.2, -0.15) is 0 Å². The van der Waals surface area contributed by atoms with Crippen molar-refractivity contribution in [3.8, 4) is 0 Å². The molecule has 16 heavy (non-hydrogen) atoms. The van der Waals surface area contributed by atoms with E-state index < -0.39 is 0 Å². The summed E-state index contributed by atoms with van der Waals surface area (Å²) < 4.78 is 13.7. The summed E-state index contributed by atoms with van der Waals surface area (Å²) >= 11 is 6.48. The number of rotatable bonds is 4. The number of Topliss-reactive ketones (excluding diaryl/α,β-unsaturated/α-hetero) is 1. The molecule has 0 heterocycles. The lowest BCUT2D eigenvalue weighted by Crippen LogP contribution is -2.18. The lowest BCUT2D eigenvalue weighted by atomic mass is 10.1. The molecule has 0 aromatic heterocycles. The second-order valence-corrected chi connectivity index (χ2v) is 6.06. The highest BCUT2D eigenvalue weighted by Gasteiger charge is 2.33. The van der Waals surface area contributed by atoms with Gasteiger partial charge in [0.2, 0.25) is 0 Å². The maximum atomic E-state index is 13.3. The van der Waals surface area contributed by atoms with Crippen molar-refractivity contribution in [3.63, 3.8) is 0 Å². The van der Waals surface area contributed by atoms with Crippen molar-refractivity contribution in [1.29, 1.82) is 0 Å². The molecule has 1 saturated carbocycles. The Hall–Kier alpha value is -0.220. The summed E-state index contributed by atoms with van der Waals surface area (Å²) in [7, 11) is 0. The quantitative estimate of drug-likeness (QED) is 0.754. The standard InChI is InChI=1S/C12H11Br2FO/c13-9-4-1-7(6-11(9)15)5-10(14)12(16)8-2-3-8/h1,4,6,8,10H,2-3,5H2. The number of hydrogen-bond donors (Lipinski definition) is 0. The Morgan fingerprint density at radius 3 is 2.75 bits per heavy atom. The lowest BCUT2D eigenvalue weighted by Gasteiger charge is -2.08. The van der Waals surface area contributed by atoms with Gasteiger partial charge in [0.25, 0.3) is 0 Å². The third-order valence-corrected chi connectivity index (χ3v) is 4.11. The van der Waals surface area contributed by atoms with Crippen molar-refractivity contribution >= 4 is 37.6 Å². The maximum Gasteiger partial charge on any atom is 0.149 e. The molecule has 0 N–H and O–H groups in total. The molecular weight excluding hydrogens is 339 g/mol. The smallest absolute Gasteiger partial charge is 0.149 e. The SMILES string of the molecule is O=C(C(Br)Cc1ccc(Br)c(F)c1)C1CC1. The molecule has 1 aliphatic carbocycles. The average molecular weight is 350 g/mol. The van der Waals surface area contributed by atoms with Gasteiger partial charge in [-0.15, -0.1) is 0 Å². The van der Waals surface area contributed by atoms with Crippen LogP contribution in [0.15, 0.2) is 22.7 Å². The van der Waals surface area contributed by atoms with Gasteiger partial charge in [0, 0.05) is 5.92 Å². The van der Waals surface area contributed by atoms with Crippen molar-refractivity contribution in [3.05, 3.63) is 34.1 Å². The number of carbonyl (C=O) groups is 1. The fourth-order valence-electron chi connectivity index (χ4n) is 1.60. The molecule has 4 heteroatoms. The minimum absolute atomic E-state index is 0.180. The molecule has 1 fully saturated rings. The molecular formula is C12H11Br2FO. The Labute approximate surface area is 111 Å². The van der Waals surface area contributed by atoms with Crippen LogP contribution in [-0.4, -0.2) is 10.6 Å². The van der Waals surface area contributed by atoms with Crippen LogP contribution in [0.4, 0.5) is 4.39 Å². The Morgan fingerprint density at radius 1 is 1.50 bits per heavy atom. The molecule has 1 aliphatic rings. The zero-order valence-electron chi connectivity index (χ0n) is 8.55. The van der Waals surface area contributed by atoms with Crippen LogP contribution < -0.4 is 0 Å². The number of ketones is 1. The largest absolute Gasteiger partial charge is 0.298 e. The van der Waals surface area contributed by atoms with E-state index in [9.17, 15) is 9.18 Å². The van der Waals surface area contributed by atoms with E-state index in [1.807, 2.05) is 6.07 Å². The third-order valence-electron chi connectivity index (χ3n) is 2.69. The summed E-state index contributed by atoms with van der Waals surface area (Å²) in [6.45, 7) is 0. The number of benzene rings is 1. The first kappa shape index (κ1) is 12.2. The van der Waals surface area contributed by atoms with Crippen LogP contribution in [0.1, 0.15) is 18.4 Å². The maximum absolute atomic E-state index is 13.3. The third kappa shape index (κ3) is 2.92. The Morgan fingerprint density at radius 2 is 2.19 bits per heavy atom. The molecule has 1 unspecified atom stereocenters. The molecule has 0 aliphatic heterocycles. The van der Waals surface area contributed by atoms with Gasteiger partial charge in [-0.3, -0.25) is 4.79 Å². The van der Waals surface area contributed by atoms with Gasteiger partial charge in [-0.1, -0.05) is 22.0 Å². The van der Waals surface area contributed by atoms with Gasteiger partial charge in [0.05, 0.1) is 9.30 Å². The first-order valence-corrected chi connectivity index (χ1v) is 6.90. The first-order chi connectivity index (χ1) is 7.58. The molecule has 86 valence electrons. The molecule has 0 bridgehead atoms. The van der Waals surface area contributed by atoms with Crippen LogP contribution in [0.5, 0.6) is 0 Å². The first-order valence-electron chi connectivity index (χ1n) is 5.19. The highest BCUT2D eigenvalue weighted by Crippen LogP contribution is 2.33. The Bertz CT molecular complexity index is 415. The van der Waals surface area contributed by atoms with Crippen LogP contribution in [0.25, 0.3) is 0 Å². The van der Waals surface area contributed by atoms with E-state index >= 15 is 0 Å². The fraction of sp³-hybridized carbons (Fsp3) is 0.417. The predicted molar refractivity (Wildman–Crippen MR) is 68.3 cm³/mol. The normalized spacial score (nSPS) is 17.2. The van der Waals surface area contributed by atoms with Crippen molar-refractivity contribution in [1.82, 2.24) is 0 Å². The van der Waals surface area contributed by atoms with E-state index in [0.29, 0.717) is 10.9 Å². The summed E-state index contributed by atoms with van der Waals surface area (Å²) in [6, 6.07) is 4.98. The van der Waals surface area contributed by atoms with Gasteiger partial charge >= 0.3 is 0 Å². The van der Waals surface area contributed by atoms with Crippen molar-refractivity contribution in [2.24, 2.45) is 5.92 Å². The van der Waals surface area contributed by atoms with Crippen molar-refractivity contribution in [2.75, 3.05) is 0 Å². The van der Waals surface area contributed by atoms with E-state index in [4.69, 9.17) is 0 Å². The Balaban J connectivity index is 2.02. The van der Waals surface area contributed by atoms with Crippen LogP contribution in [0, 0.1) is 11.7 Å². The molecule has 0 amide bonds. The van der Waals surface area contributed by atoms with Crippen LogP contribution in [0.3, 0.4) is 0 Å². The monoisotopic (exact) mass is 348 g/mol. The van der Waals surface area contributed by atoms with Crippen LogP contribution >= 0.6 is 31.9 Å². The van der Waals surface area contributed by atoms with Crippen LogP contribution in [0.2, 0.25) is 0 Å². The van der Waals surface area contributed by atoms with E-state index in [1.165, 1.54) is 6.07 Å². The van der Waals surface area contributed by atoms with E-state index in [0.717, 1.165) is 18.4 Å². The summed E-state index contributed by atoms with van der Waals surface area (Å²) in [5.41, 5.74) is 0.844. The van der Waals surface area contributed by atoms with E-state index in [-0.39, 0.29) is 22.3 Å². The van der Waals surface area contributed by atoms with Gasteiger partial charge < -0.3 is 0 Å². The molecule has 1 nitrogen and oxygen atoms in total. The highest BCUT2D eigenvalue weighted by atomic mass is 79.9. The topological polar surface area (TPSA) is 17.1 Å². The molecule has 1 atom stereocenters. The number of halogens is 3. The second kappa shape index (κ2) is 4.96. The zero-order valence-corrected chi connectivity index (χ0v) is 11.7. The molecule has 0 spiro atoms. The molecule has 1 aromatic carbocycles. The number of carbonyl (C=O) groups excluding carboxylic acids is 1. The minimum atomic E-state index is -0.281. The predicted octanol–water partition coefficient (Wildman–Crippen LogP) is 3.87. The number of hydrogen-bond acceptors (Lipinski definition) is 1. The molecule has 0 saturated heterocycles. The zero-order chi connectivity index (χ0) is 11.7. The summed E-state index contributed by atoms with van der Waals surface area (Å²) in [5.74, 6) is 0.212. The Kier molecular flexibility index (Phi) is 3.80. The van der Waals surface area contributed by atoms with E-state index in [2.05, 4.69) is 31.9 Å². The van der Waals surface area contributed by atoms with Crippen molar-refractivity contribution in [2.45, 2.75) is 24.1 Å². The van der Waals surface area contributed by atoms with Gasteiger partial charge in [0.1, 0.15) is 11.6 Å². The highest BCUT2D eigenvalue weighted by molar-refractivity contribution is 9.10. The molecule has 1 aromatic rings. The summed E-state index contributed by atoms with van der Waals surface area (Å²) in [5, 5.41) is 0. The fourth-order valence-corrected chi connectivity index (χ4v) is 2.59. The van der Waals surface area contributed by atoms with Gasteiger partial charge in [-0.25, -0.2) is 4.39 Å². The summed E-state index contributed by atoms with van der Waals surface area (Å²) in [4.78, 5) is 11.5. The molecule has 0 radical (unpaired) electrons. The molecule has 2 rings (SSSR count). The van der Waals surface area contributed by atoms with Crippen molar-refractivity contribution < 1.29 is 9.18 Å². The summed E-state index contributed by atoms with van der Waals surface area (Å²) in [6.07, 6.45) is 2.57. The lowest BCUT2D eigenvalue weighted by molar-refractivity contribution is -0.119. The minimum Gasteiger partial charge on any atom is -0.298 e. The van der Waals surface area contributed by atoms with Crippen LogP contribution in [-0.2, 0) is 11.2 Å². The second-order valence-electron chi connectivity index (χ2n) is 4.10. The number of alkyl halides is 1. The van der Waals surface area contributed by atoms with Gasteiger partial charge in [0.15, 0.2) is 0 Å². The van der Waals surface area contributed by atoms with E-state index in [1.54, 1.807) is 6.07 Å². The van der Waals surface area contributed by atoms with Gasteiger partial charge in [-0.05, 0) is 52.9 Å². The average Bonchev–Trinajstić information content (AvgIpc) is 3.06.